The van der Waals surface area contributed by atoms with E-state index in [-0.39, 0.29) is 0 Å². The van der Waals surface area contributed by atoms with Crippen molar-refractivity contribution < 1.29 is 0 Å². The Bertz CT molecular complexity index is 538. The second-order valence-corrected chi connectivity index (χ2v) is 5.80. The minimum Gasteiger partial charge on any atom is -0.350 e. The van der Waals surface area contributed by atoms with Gasteiger partial charge in [-0.15, -0.1) is 0 Å². The molecule has 3 rings (SSSR count). The van der Waals surface area contributed by atoms with Gasteiger partial charge in [0.25, 0.3) is 0 Å². The van der Waals surface area contributed by atoms with Crippen LogP contribution < -0.4 is 5.32 Å². The SMILES string of the molecule is Cn1cc(C2CCNCC2)c2ccc(Br)cc21. The van der Waals surface area contributed by atoms with Crippen LogP contribution in [0, 0.1) is 0 Å². The highest BCUT2D eigenvalue weighted by atomic mass is 79.9. The van der Waals surface area contributed by atoms with Crippen molar-refractivity contribution in [3.05, 3.63) is 34.4 Å². The predicted octanol–water partition coefficient (Wildman–Crippen LogP) is 3.41. The van der Waals surface area contributed by atoms with Crippen molar-refractivity contribution in [1.82, 2.24) is 9.88 Å². The maximum atomic E-state index is 3.55. The lowest BCUT2D eigenvalue weighted by Gasteiger charge is -2.22. The summed E-state index contributed by atoms with van der Waals surface area (Å²) in [5.74, 6) is 0.723. The van der Waals surface area contributed by atoms with Gasteiger partial charge in [-0.2, -0.15) is 0 Å². The molecule has 17 heavy (non-hydrogen) atoms. The average Bonchev–Trinajstić information content (AvgIpc) is 2.68. The summed E-state index contributed by atoms with van der Waals surface area (Å²) in [5, 5.41) is 4.85. The van der Waals surface area contributed by atoms with Gasteiger partial charge < -0.3 is 9.88 Å². The second kappa shape index (κ2) is 4.46. The fraction of sp³-hybridized carbons (Fsp3) is 0.429. The Morgan fingerprint density at radius 3 is 2.82 bits per heavy atom. The minimum absolute atomic E-state index is 0.723. The van der Waals surface area contributed by atoms with Gasteiger partial charge in [0.05, 0.1) is 0 Å². The molecule has 2 nitrogen and oxygen atoms in total. The predicted molar refractivity (Wildman–Crippen MR) is 75.5 cm³/mol. The van der Waals surface area contributed by atoms with E-state index in [2.05, 4.69) is 57.3 Å². The Hall–Kier alpha value is -0.800. The highest BCUT2D eigenvalue weighted by molar-refractivity contribution is 9.10. The van der Waals surface area contributed by atoms with Gasteiger partial charge in [0.2, 0.25) is 0 Å². The van der Waals surface area contributed by atoms with E-state index in [1.54, 1.807) is 0 Å². The molecule has 1 saturated heterocycles. The molecule has 1 aromatic carbocycles. The van der Waals surface area contributed by atoms with E-state index >= 15 is 0 Å². The number of rotatable bonds is 1. The molecular weight excluding hydrogens is 276 g/mol. The van der Waals surface area contributed by atoms with Crippen LogP contribution in [-0.2, 0) is 7.05 Å². The first-order valence-electron chi connectivity index (χ1n) is 6.21. The third-order valence-corrected chi connectivity index (χ3v) is 4.26. The summed E-state index contributed by atoms with van der Waals surface area (Å²) < 4.78 is 3.40. The third-order valence-electron chi connectivity index (χ3n) is 3.76. The first-order valence-corrected chi connectivity index (χ1v) is 7.00. The van der Waals surface area contributed by atoms with E-state index in [0.717, 1.165) is 23.5 Å². The van der Waals surface area contributed by atoms with Gasteiger partial charge >= 0.3 is 0 Å². The van der Waals surface area contributed by atoms with Crippen LogP contribution in [0.5, 0.6) is 0 Å². The standard InChI is InChI=1S/C14H17BrN2/c1-17-9-13(10-4-6-16-7-5-10)12-3-2-11(15)8-14(12)17/h2-3,8-10,16H,4-7H2,1H3. The molecule has 0 aliphatic carbocycles. The van der Waals surface area contributed by atoms with Crippen LogP contribution in [0.3, 0.4) is 0 Å². The number of piperidine rings is 1. The lowest BCUT2D eigenvalue weighted by molar-refractivity contribution is 0.462. The highest BCUT2D eigenvalue weighted by Crippen LogP contribution is 2.33. The quantitative estimate of drug-likeness (QED) is 0.852. The van der Waals surface area contributed by atoms with Crippen LogP contribution in [0.2, 0.25) is 0 Å². The molecule has 1 aliphatic heterocycles. The molecule has 3 heteroatoms. The van der Waals surface area contributed by atoms with Crippen LogP contribution in [0.25, 0.3) is 10.9 Å². The highest BCUT2D eigenvalue weighted by Gasteiger charge is 2.19. The molecule has 1 fully saturated rings. The number of benzene rings is 1. The fourth-order valence-corrected chi connectivity index (χ4v) is 3.20. The summed E-state index contributed by atoms with van der Waals surface area (Å²) in [6.07, 6.45) is 4.83. The zero-order valence-electron chi connectivity index (χ0n) is 10.0. The summed E-state index contributed by atoms with van der Waals surface area (Å²) in [4.78, 5) is 0. The van der Waals surface area contributed by atoms with Crippen LogP contribution in [0.4, 0.5) is 0 Å². The van der Waals surface area contributed by atoms with E-state index in [9.17, 15) is 0 Å². The summed E-state index contributed by atoms with van der Waals surface area (Å²) in [6.45, 7) is 2.30. The van der Waals surface area contributed by atoms with E-state index in [1.807, 2.05) is 0 Å². The normalized spacial score (nSPS) is 17.8. The Kier molecular flexibility index (Phi) is 2.97. The Balaban J connectivity index is 2.10. The van der Waals surface area contributed by atoms with Gasteiger partial charge in [-0.25, -0.2) is 0 Å². The molecule has 0 unspecified atom stereocenters. The first kappa shape index (κ1) is 11.3. The number of hydrogen-bond donors (Lipinski definition) is 1. The molecule has 1 N–H and O–H groups in total. The molecule has 2 heterocycles. The average molecular weight is 293 g/mol. The molecular formula is C14H17BrN2. The summed E-state index contributed by atoms with van der Waals surface area (Å²) in [6, 6.07) is 6.60. The Morgan fingerprint density at radius 2 is 2.06 bits per heavy atom. The maximum Gasteiger partial charge on any atom is 0.0491 e. The van der Waals surface area contributed by atoms with Crippen molar-refractivity contribution in [2.24, 2.45) is 7.05 Å². The first-order chi connectivity index (χ1) is 8.25. The second-order valence-electron chi connectivity index (χ2n) is 4.88. The van der Waals surface area contributed by atoms with Crippen LogP contribution in [-0.4, -0.2) is 17.7 Å². The van der Waals surface area contributed by atoms with Crippen molar-refractivity contribution in [2.75, 3.05) is 13.1 Å². The molecule has 1 aliphatic rings. The van der Waals surface area contributed by atoms with E-state index in [1.165, 1.54) is 29.3 Å². The molecule has 90 valence electrons. The largest absolute Gasteiger partial charge is 0.350 e. The molecule has 2 aromatic rings. The van der Waals surface area contributed by atoms with Crippen molar-refractivity contribution in [2.45, 2.75) is 18.8 Å². The van der Waals surface area contributed by atoms with Crippen LogP contribution in [0.15, 0.2) is 28.9 Å². The molecule has 0 amide bonds. The lowest BCUT2D eigenvalue weighted by atomic mass is 9.90. The number of nitrogens with one attached hydrogen (secondary N) is 1. The van der Waals surface area contributed by atoms with Gasteiger partial charge in [-0.1, -0.05) is 22.0 Å². The molecule has 0 spiro atoms. The number of fused-ring (bicyclic) bond motifs is 1. The molecule has 0 radical (unpaired) electrons. The van der Waals surface area contributed by atoms with Gasteiger partial charge in [0.15, 0.2) is 0 Å². The molecule has 0 atom stereocenters. The van der Waals surface area contributed by atoms with E-state index in [0.29, 0.717) is 0 Å². The van der Waals surface area contributed by atoms with Crippen molar-refractivity contribution in [1.29, 1.82) is 0 Å². The van der Waals surface area contributed by atoms with Gasteiger partial charge in [0, 0.05) is 28.6 Å². The Morgan fingerprint density at radius 1 is 1.29 bits per heavy atom. The van der Waals surface area contributed by atoms with Gasteiger partial charge in [0.1, 0.15) is 0 Å². The zero-order chi connectivity index (χ0) is 11.8. The molecule has 0 saturated carbocycles. The van der Waals surface area contributed by atoms with Crippen molar-refractivity contribution in [3.8, 4) is 0 Å². The topological polar surface area (TPSA) is 17.0 Å². The third kappa shape index (κ3) is 2.02. The summed E-state index contributed by atoms with van der Waals surface area (Å²) in [7, 11) is 2.14. The van der Waals surface area contributed by atoms with Gasteiger partial charge in [-0.05, 0) is 49.5 Å². The molecule has 0 bridgehead atoms. The fourth-order valence-electron chi connectivity index (χ4n) is 2.85. The number of nitrogens with zero attached hydrogens (tertiary/aromatic N) is 1. The zero-order valence-corrected chi connectivity index (χ0v) is 11.6. The smallest absolute Gasteiger partial charge is 0.0491 e. The summed E-state index contributed by atoms with van der Waals surface area (Å²) >= 11 is 3.55. The van der Waals surface area contributed by atoms with Crippen LogP contribution in [0.1, 0.15) is 24.3 Å². The van der Waals surface area contributed by atoms with Crippen LogP contribution >= 0.6 is 15.9 Å². The van der Waals surface area contributed by atoms with Gasteiger partial charge in [-0.3, -0.25) is 0 Å². The number of hydrogen-bond acceptors (Lipinski definition) is 1. The van der Waals surface area contributed by atoms with Crippen molar-refractivity contribution in [3.63, 3.8) is 0 Å². The summed E-state index contributed by atoms with van der Waals surface area (Å²) in [5.41, 5.74) is 2.85. The molecule has 1 aromatic heterocycles. The lowest BCUT2D eigenvalue weighted by Crippen LogP contribution is -2.26. The number of aromatic nitrogens is 1. The van der Waals surface area contributed by atoms with E-state index in [4.69, 9.17) is 0 Å². The monoisotopic (exact) mass is 292 g/mol. The number of aryl methyl sites for hydroxylation is 1. The number of halogens is 1. The Labute approximate surface area is 110 Å². The van der Waals surface area contributed by atoms with Crippen molar-refractivity contribution >= 4 is 26.8 Å². The minimum atomic E-state index is 0.723. The van der Waals surface area contributed by atoms with E-state index < -0.39 is 0 Å². The maximum absolute atomic E-state index is 3.55.